The van der Waals surface area contributed by atoms with Crippen molar-refractivity contribution in [3.05, 3.63) is 34.6 Å². The molecule has 2 aliphatic rings. The Labute approximate surface area is 128 Å². The average Bonchev–Trinajstić information content (AvgIpc) is 2.62. The highest BCUT2D eigenvalue weighted by Gasteiger charge is 2.38. The van der Waals surface area contributed by atoms with Gasteiger partial charge in [0.1, 0.15) is 5.82 Å². The number of halogens is 3. The Balaban J connectivity index is 0.00000147. The molecule has 3 nitrogen and oxygen atoms in total. The number of nitrogens with zero attached hydrogens (tertiary/aromatic N) is 1. The Morgan fingerprint density at radius 3 is 2.80 bits per heavy atom. The van der Waals surface area contributed by atoms with Crippen LogP contribution in [-0.4, -0.2) is 36.0 Å². The monoisotopic (exact) mass is 318 g/mol. The molecule has 6 heteroatoms. The van der Waals surface area contributed by atoms with Crippen molar-refractivity contribution in [2.45, 2.75) is 31.3 Å². The lowest BCUT2D eigenvalue weighted by molar-refractivity contribution is 0.0675. The summed E-state index contributed by atoms with van der Waals surface area (Å²) in [5, 5.41) is 3.64. The number of carbonyl (C=O) groups excluding carboxylic acids is 1. The molecule has 2 fully saturated rings. The predicted octanol–water partition coefficient (Wildman–Crippen LogP) is 2.87. The van der Waals surface area contributed by atoms with E-state index >= 15 is 0 Å². The van der Waals surface area contributed by atoms with Gasteiger partial charge in [-0.05, 0) is 44.0 Å². The van der Waals surface area contributed by atoms with Crippen LogP contribution >= 0.6 is 24.0 Å². The van der Waals surface area contributed by atoms with E-state index in [0.717, 1.165) is 32.4 Å². The number of hydrogen-bond acceptors (Lipinski definition) is 2. The lowest BCUT2D eigenvalue weighted by Crippen LogP contribution is -2.42. The second kappa shape index (κ2) is 6.29. The first-order valence-electron chi connectivity index (χ1n) is 6.65. The zero-order valence-corrected chi connectivity index (χ0v) is 12.5. The molecule has 0 radical (unpaired) electrons. The van der Waals surface area contributed by atoms with E-state index in [1.54, 1.807) is 6.07 Å². The normalized spacial score (nSPS) is 25.0. The Kier molecular flexibility index (Phi) is 4.89. The molecule has 2 aliphatic heterocycles. The van der Waals surface area contributed by atoms with Gasteiger partial charge in [0, 0.05) is 23.7 Å². The van der Waals surface area contributed by atoms with Crippen LogP contribution in [-0.2, 0) is 0 Å². The molecule has 0 aliphatic carbocycles. The quantitative estimate of drug-likeness (QED) is 0.863. The molecule has 1 aromatic rings. The Bertz CT molecular complexity index is 498. The summed E-state index contributed by atoms with van der Waals surface area (Å²) in [6.07, 6.45) is 2.96. The molecular formula is C14H17Cl2FN2O. The largest absolute Gasteiger partial charge is 0.331 e. The van der Waals surface area contributed by atoms with Crippen LogP contribution in [0.15, 0.2) is 18.2 Å². The number of hydrogen-bond donors (Lipinski definition) is 1. The fourth-order valence-corrected chi connectivity index (χ4v) is 3.27. The number of fused-ring (bicyclic) bond motifs is 2. The van der Waals surface area contributed by atoms with Crippen LogP contribution in [0.4, 0.5) is 4.39 Å². The van der Waals surface area contributed by atoms with Crippen molar-refractivity contribution >= 4 is 29.9 Å². The van der Waals surface area contributed by atoms with Crippen LogP contribution in [0.3, 0.4) is 0 Å². The summed E-state index contributed by atoms with van der Waals surface area (Å²) in [4.78, 5) is 14.4. The van der Waals surface area contributed by atoms with Crippen molar-refractivity contribution < 1.29 is 9.18 Å². The molecule has 1 aromatic carbocycles. The maximum atomic E-state index is 13.9. The minimum absolute atomic E-state index is 0. The molecule has 2 saturated heterocycles. The van der Waals surface area contributed by atoms with Gasteiger partial charge in [0.2, 0.25) is 0 Å². The van der Waals surface area contributed by atoms with Gasteiger partial charge >= 0.3 is 0 Å². The molecule has 2 unspecified atom stereocenters. The summed E-state index contributed by atoms with van der Waals surface area (Å²) in [6, 6.07) is 4.68. The molecule has 110 valence electrons. The van der Waals surface area contributed by atoms with E-state index < -0.39 is 5.82 Å². The molecule has 2 bridgehead atoms. The molecule has 0 spiro atoms. The minimum atomic E-state index is -0.533. The Hall–Kier alpha value is -0.840. The van der Waals surface area contributed by atoms with Crippen LogP contribution in [0.25, 0.3) is 0 Å². The Morgan fingerprint density at radius 2 is 2.05 bits per heavy atom. The van der Waals surface area contributed by atoms with Gasteiger partial charge in [-0.15, -0.1) is 12.4 Å². The first kappa shape index (κ1) is 15.5. The zero-order chi connectivity index (χ0) is 13.4. The summed E-state index contributed by atoms with van der Waals surface area (Å²) in [6.45, 7) is 1.73. The molecule has 3 rings (SSSR count). The summed E-state index contributed by atoms with van der Waals surface area (Å²) in [5.74, 6) is -0.737. The van der Waals surface area contributed by atoms with Gasteiger partial charge in [0.05, 0.1) is 5.56 Å². The number of rotatable bonds is 1. The highest BCUT2D eigenvalue weighted by molar-refractivity contribution is 6.30. The van der Waals surface area contributed by atoms with E-state index in [4.69, 9.17) is 11.6 Å². The van der Waals surface area contributed by atoms with E-state index in [0.29, 0.717) is 5.02 Å². The van der Waals surface area contributed by atoms with Crippen LogP contribution in [0.5, 0.6) is 0 Å². The molecular weight excluding hydrogens is 302 g/mol. The summed E-state index contributed by atoms with van der Waals surface area (Å²) < 4.78 is 13.9. The standard InChI is InChI=1S/C14H16ClFN2O.ClH/c15-9-1-4-12(13(16)7-9)14(19)18-10-2-3-11(18)8-17-6-5-10;/h1,4,7,10-11,17H,2-3,5-6,8H2;1H. The van der Waals surface area contributed by atoms with Crippen molar-refractivity contribution in [1.29, 1.82) is 0 Å². The fourth-order valence-electron chi connectivity index (χ4n) is 3.12. The first-order chi connectivity index (χ1) is 9.16. The lowest BCUT2D eigenvalue weighted by atomic mass is 10.1. The number of benzene rings is 1. The van der Waals surface area contributed by atoms with Crippen molar-refractivity contribution in [1.82, 2.24) is 10.2 Å². The third-order valence-corrected chi connectivity index (χ3v) is 4.29. The predicted molar refractivity (Wildman–Crippen MR) is 79.1 cm³/mol. The second-order valence-corrected chi connectivity index (χ2v) is 5.65. The van der Waals surface area contributed by atoms with Gasteiger partial charge in [-0.25, -0.2) is 4.39 Å². The Morgan fingerprint density at radius 1 is 1.30 bits per heavy atom. The van der Waals surface area contributed by atoms with E-state index in [-0.39, 0.29) is 36.0 Å². The SMILES string of the molecule is Cl.O=C(c1ccc(Cl)cc1F)N1C2CCNCC1CC2. The van der Waals surface area contributed by atoms with Crippen molar-refractivity contribution in [3.63, 3.8) is 0 Å². The van der Waals surface area contributed by atoms with Crippen LogP contribution < -0.4 is 5.32 Å². The zero-order valence-electron chi connectivity index (χ0n) is 10.9. The molecule has 0 aromatic heterocycles. The summed E-state index contributed by atoms with van der Waals surface area (Å²) >= 11 is 5.73. The van der Waals surface area contributed by atoms with Gasteiger partial charge < -0.3 is 10.2 Å². The topological polar surface area (TPSA) is 32.3 Å². The van der Waals surface area contributed by atoms with Gasteiger partial charge in [-0.1, -0.05) is 11.6 Å². The number of amides is 1. The van der Waals surface area contributed by atoms with E-state index in [1.807, 2.05) is 4.90 Å². The maximum Gasteiger partial charge on any atom is 0.257 e. The third-order valence-electron chi connectivity index (χ3n) is 4.05. The number of nitrogens with one attached hydrogen (secondary N) is 1. The smallest absolute Gasteiger partial charge is 0.257 e. The number of carbonyl (C=O) groups is 1. The molecule has 20 heavy (non-hydrogen) atoms. The molecule has 2 atom stereocenters. The van der Waals surface area contributed by atoms with Crippen molar-refractivity contribution in [2.75, 3.05) is 13.1 Å². The lowest BCUT2D eigenvalue weighted by Gasteiger charge is -2.28. The summed E-state index contributed by atoms with van der Waals surface area (Å²) in [7, 11) is 0. The molecule has 2 heterocycles. The van der Waals surface area contributed by atoms with E-state index in [9.17, 15) is 9.18 Å². The van der Waals surface area contributed by atoms with Crippen molar-refractivity contribution in [3.8, 4) is 0 Å². The third kappa shape index (κ3) is 2.78. The van der Waals surface area contributed by atoms with Crippen LogP contribution in [0.1, 0.15) is 29.6 Å². The fraction of sp³-hybridized carbons (Fsp3) is 0.500. The van der Waals surface area contributed by atoms with Gasteiger partial charge in [-0.3, -0.25) is 4.79 Å². The van der Waals surface area contributed by atoms with Gasteiger partial charge in [0.25, 0.3) is 5.91 Å². The maximum absolute atomic E-state index is 13.9. The minimum Gasteiger partial charge on any atom is -0.331 e. The van der Waals surface area contributed by atoms with E-state index in [2.05, 4.69) is 5.32 Å². The molecule has 1 N–H and O–H groups in total. The van der Waals surface area contributed by atoms with Crippen LogP contribution in [0.2, 0.25) is 5.02 Å². The highest BCUT2D eigenvalue weighted by atomic mass is 35.5. The highest BCUT2D eigenvalue weighted by Crippen LogP contribution is 2.30. The first-order valence-corrected chi connectivity index (χ1v) is 7.03. The molecule has 0 saturated carbocycles. The van der Waals surface area contributed by atoms with Gasteiger partial charge in [-0.2, -0.15) is 0 Å². The second-order valence-electron chi connectivity index (χ2n) is 5.21. The van der Waals surface area contributed by atoms with Crippen LogP contribution in [0, 0.1) is 5.82 Å². The van der Waals surface area contributed by atoms with E-state index in [1.165, 1.54) is 12.1 Å². The average molecular weight is 319 g/mol. The summed E-state index contributed by atoms with van der Waals surface area (Å²) in [5.41, 5.74) is 0.128. The van der Waals surface area contributed by atoms with Gasteiger partial charge in [0.15, 0.2) is 0 Å². The van der Waals surface area contributed by atoms with Crippen molar-refractivity contribution in [2.24, 2.45) is 0 Å². The molecule has 1 amide bonds.